The number of phosphoric acid groups is 1. The lowest BCUT2D eigenvalue weighted by atomic mass is 10.0. The quantitative estimate of drug-likeness (QED) is 0.0716. The zero-order chi connectivity index (χ0) is 21.8. The number of carbonyl (C=O) groups is 1. The highest BCUT2D eigenvalue weighted by Gasteiger charge is 2.20. The van der Waals surface area contributed by atoms with Gasteiger partial charge in [-0.15, -0.1) is 0 Å². The highest BCUT2D eigenvalue weighted by molar-refractivity contribution is 7.46. The second-order valence-corrected chi connectivity index (χ2v) is 8.78. The molecular formula is C20H41O8P. The van der Waals surface area contributed by atoms with Crippen molar-refractivity contribution in [2.75, 3.05) is 13.2 Å². The predicted octanol–water partition coefficient (Wildman–Crippen LogP) is 5.37. The molecule has 0 aliphatic heterocycles. The lowest BCUT2D eigenvalue weighted by molar-refractivity contribution is -0.290. The maximum Gasteiger partial charge on any atom is 0.469 e. The minimum atomic E-state index is -4.66. The van der Waals surface area contributed by atoms with Crippen molar-refractivity contribution >= 4 is 13.8 Å². The molecule has 0 heterocycles. The summed E-state index contributed by atoms with van der Waals surface area (Å²) in [7, 11) is -4.66. The zero-order valence-electron chi connectivity index (χ0n) is 17.9. The van der Waals surface area contributed by atoms with Gasteiger partial charge in [0.05, 0.1) is 6.61 Å². The topological polar surface area (TPSA) is 123 Å². The largest absolute Gasteiger partial charge is 0.469 e. The Labute approximate surface area is 175 Å². The molecule has 1 unspecified atom stereocenters. The summed E-state index contributed by atoms with van der Waals surface area (Å²) < 4.78 is 19.7. The molecule has 0 saturated carbocycles. The maximum atomic E-state index is 11.6. The number of phosphoric ester groups is 1. The Morgan fingerprint density at radius 1 is 0.793 bits per heavy atom. The van der Waals surface area contributed by atoms with Crippen molar-refractivity contribution in [1.82, 2.24) is 0 Å². The fourth-order valence-electron chi connectivity index (χ4n) is 3.01. The molecule has 0 aromatic carbocycles. The number of rotatable bonds is 21. The van der Waals surface area contributed by atoms with Gasteiger partial charge in [0.2, 0.25) is 0 Å². The average molecular weight is 441 g/mol. The lowest BCUT2D eigenvalue weighted by Gasteiger charge is -2.14. The van der Waals surface area contributed by atoms with E-state index in [0.29, 0.717) is 0 Å². The fraction of sp³-hybridized carbons (Fsp3) is 0.950. The Hall–Kier alpha value is -0.500. The van der Waals surface area contributed by atoms with Crippen LogP contribution in [0.1, 0.15) is 103 Å². The fourth-order valence-corrected chi connectivity index (χ4v) is 3.37. The van der Waals surface area contributed by atoms with Crippen LogP contribution in [0.25, 0.3) is 0 Å². The first kappa shape index (κ1) is 28.5. The Morgan fingerprint density at radius 2 is 1.24 bits per heavy atom. The molecule has 0 fully saturated rings. The number of hydrogen-bond donors (Lipinski definition) is 3. The second-order valence-electron chi connectivity index (χ2n) is 7.54. The molecule has 0 amide bonds. The van der Waals surface area contributed by atoms with Gasteiger partial charge in [-0.2, -0.15) is 0 Å². The summed E-state index contributed by atoms with van der Waals surface area (Å²) in [5, 5.41) is 8.62. The van der Waals surface area contributed by atoms with E-state index in [4.69, 9.17) is 19.8 Å². The molecule has 8 nitrogen and oxygen atoms in total. The van der Waals surface area contributed by atoms with E-state index in [1.807, 2.05) is 0 Å². The van der Waals surface area contributed by atoms with Gasteiger partial charge in [0, 0.05) is 6.42 Å². The van der Waals surface area contributed by atoms with Crippen molar-refractivity contribution in [3.05, 3.63) is 0 Å². The maximum absolute atomic E-state index is 11.6. The summed E-state index contributed by atoms with van der Waals surface area (Å²) in [6.45, 7) is 1.34. The summed E-state index contributed by atoms with van der Waals surface area (Å²) in [6.07, 6.45) is 16.5. The molecule has 0 saturated heterocycles. The van der Waals surface area contributed by atoms with Crippen molar-refractivity contribution < 1.29 is 38.6 Å². The third-order valence-corrected chi connectivity index (χ3v) is 5.23. The summed E-state index contributed by atoms with van der Waals surface area (Å²) in [5.74, 6) is -0.429. The van der Waals surface area contributed by atoms with E-state index in [2.05, 4.69) is 16.3 Å². The molecule has 0 aliphatic carbocycles. The first-order chi connectivity index (χ1) is 13.9. The van der Waals surface area contributed by atoms with Gasteiger partial charge in [-0.3, -0.25) is 14.6 Å². The normalized spacial score (nSPS) is 12.8. The lowest BCUT2D eigenvalue weighted by Crippen LogP contribution is -2.25. The van der Waals surface area contributed by atoms with Crippen molar-refractivity contribution in [3.63, 3.8) is 0 Å². The van der Waals surface area contributed by atoms with Crippen LogP contribution in [0, 0.1) is 0 Å². The number of esters is 1. The standard InChI is InChI=1S/C20H41O8P/c1-2-3-4-5-6-7-8-9-10-11-12-13-14-15-16-20(21)26-17-19(28-22)18-27-29(23,24)25/h19,22H,2-18H2,1H3,(H2,23,24,25). The van der Waals surface area contributed by atoms with Gasteiger partial charge in [-0.05, 0) is 6.42 Å². The highest BCUT2D eigenvalue weighted by atomic mass is 31.2. The van der Waals surface area contributed by atoms with Crippen LogP contribution in [0.15, 0.2) is 0 Å². The van der Waals surface area contributed by atoms with Crippen molar-refractivity contribution in [1.29, 1.82) is 0 Å². The first-order valence-corrected chi connectivity index (χ1v) is 12.6. The Bertz CT molecular complexity index is 427. The van der Waals surface area contributed by atoms with Crippen molar-refractivity contribution in [2.45, 2.75) is 109 Å². The van der Waals surface area contributed by atoms with Crippen molar-refractivity contribution in [3.8, 4) is 0 Å². The van der Waals surface area contributed by atoms with Crippen LogP contribution in [-0.2, 0) is 23.5 Å². The van der Waals surface area contributed by atoms with E-state index in [9.17, 15) is 9.36 Å². The van der Waals surface area contributed by atoms with Crippen LogP contribution in [0.4, 0.5) is 0 Å². The van der Waals surface area contributed by atoms with Crippen LogP contribution < -0.4 is 0 Å². The van der Waals surface area contributed by atoms with Gasteiger partial charge in [0.1, 0.15) is 6.61 Å². The summed E-state index contributed by atoms with van der Waals surface area (Å²) in [6, 6.07) is 0. The Balaban J connectivity index is 3.41. The average Bonchev–Trinajstić information content (AvgIpc) is 2.67. The molecule has 3 N–H and O–H groups in total. The molecule has 0 bridgehead atoms. The molecule has 29 heavy (non-hydrogen) atoms. The molecule has 0 aromatic heterocycles. The smallest absolute Gasteiger partial charge is 0.463 e. The van der Waals surface area contributed by atoms with Gasteiger partial charge < -0.3 is 14.5 Å². The van der Waals surface area contributed by atoms with Crippen LogP contribution in [0.2, 0.25) is 0 Å². The molecule has 174 valence electrons. The third kappa shape index (κ3) is 22.0. The van der Waals surface area contributed by atoms with Gasteiger partial charge in [-0.1, -0.05) is 90.4 Å². The first-order valence-electron chi connectivity index (χ1n) is 11.0. The SMILES string of the molecule is CCCCCCCCCCCCCCCCC(=O)OCC(COP(=O)(O)O)OO. The minimum absolute atomic E-state index is 0.273. The Kier molecular flexibility index (Phi) is 19.1. The number of unbranched alkanes of at least 4 members (excludes halogenated alkanes) is 13. The molecule has 0 aliphatic rings. The molecule has 0 aromatic rings. The van der Waals surface area contributed by atoms with E-state index in [0.717, 1.165) is 19.3 Å². The summed E-state index contributed by atoms with van der Waals surface area (Å²) in [4.78, 5) is 32.8. The monoisotopic (exact) mass is 440 g/mol. The van der Waals surface area contributed by atoms with Gasteiger partial charge in [0.25, 0.3) is 0 Å². The predicted molar refractivity (Wildman–Crippen MR) is 111 cm³/mol. The van der Waals surface area contributed by atoms with E-state index in [1.54, 1.807) is 0 Å². The third-order valence-electron chi connectivity index (χ3n) is 4.74. The van der Waals surface area contributed by atoms with Gasteiger partial charge >= 0.3 is 13.8 Å². The molecule has 0 radical (unpaired) electrons. The van der Waals surface area contributed by atoms with E-state index in [1.165, 1.54) is 70.6 Å². The number of hydrogen-bond acceptors (Lipinski definition) is 6. The number of ether oxygens (including phenoxy) is 1. The molecule has 0 spiro atoms. The van der Waals surface area contributed by atoms with E-state index in [-0.39, 0.29) is 13.0 Å². The minimum Gasteiger partial charge on any atom is -0.463 e. The van der Waals surface area contributed by atoms with E-state index >= 15 is 0 Å². The van der Waals surface area contributed by atoms with Gasteiger partial charge in [-0.25, -0.2) is 9.45 Å². The Morgan fingerprint density at radius 3 is 1.66 bits per heavy atom. The van der Waals surface area contributed by atoms with Gasteiger partial charge in [0.15, 0.2) is 6.10 Å². The summed E-state index contributed by atoms with van der Waals surface area (Å²) in [5.41, 5.74) is 0. The zero-order valence-corrected chi connectivity index (χ0v) is 18.8. The van der Waals surface area contributed by atoms with E-state index < -0.39 is 26.5 Å². The molecule has 0 rings (SSSR count). The van der Waals surface area contributed by atoms with Crippen molar-refractivity contribution in [2.24, 2.45) is 0 Å². The van der Waals surface area contributed by atoms with Crippen LogP contribution in [-0.4, -0.2) is 40.3 Å². The van der Waals surface area contributed by atoms with Crippen LogP contribution in [0.5, 0.6) is 0 Å². The molecule has 1 atom stereocenters. The highest BCUT2D eigenvalue weighted by Crippen LogP contribution is 2.35. The molecular weight excluding hydrogens is 399 g/mol. The molecule has 9 heteroatoms. The summed E-state index contributed by atoms with van der Waals surface area (Å²) >= 11 is 0. The van der Waals surface area contributed by atoms with Crippen LogP contribution >= 0.6 is 7.82 Å². The second kappa shape index (κ2) is 19.5. The van der Waals surface area contributed by atoms with Crippen LogP contribution in [0.3, 0.4) is 0 Å². The number of carbonyl (C=O) groups excluding carboxylic acids is 1.